The van der Waals surface area contributed by atoms with Gasteiger partial charge in [-0.15, -0.1) is 0 Å². The number of hydrogen-bond donors (Lipinski definition) is 1. The van der Waals surface area contributed by atoms with E-state index in [4.69, 9.17) is 5.41 Å². The van der Waals surface area contributed by atoms with Crippen molar-refractivity contribution >= 4 is 12.0 Å². The van der Waals surface area contributed by atoms with Gasteiger partial charge in [-0.05, 0) is 13.8 Å². The molecule has 0 saturated heterocycles. The molecule has 0 aliphatic rings. The fourth-order valence-electron chi connectivity index (χ4n) is 0.282. The third-order valence-corrected chi connectivity index (χ3v) is 0.585. The molecule has 0 unspecified atom stereocenters. The number of nitrogens with one attached hydrogen (secondary N) is 1. The minimum absolute atomic E-state index is 0.211. The van der Waals surface area contributed by atoms with Crippen LogP contribution in [0.2, 0.25) is 0 Å². The summed E-state index contributed by atoms with van der Waals surface area (Å²) < 4.78 is 4.40. The van der Waals surface area contributed by atoms with Gasteiger partial charge in [0.25, 0.3) is 0 Å². The SMILES string of the molecule is CCN=C=N.CCOC(C)=O. The van der Waals surface area contributed by atoms with Crippen LogP contribution in [0.1, 0.15) is 20.8 Å². The largest absolute Gasteiger partial charge is 0.466 e. The van der Waals surface area contributed by atoms with Crippen molar-refractivity contribution in [2.45, 2.75) is 20.8 Å². The smallest absolute Gasteiger partial charge is 0.302 e. The van der Waals surface area contributed by atoms with Gasteiger partial charge >= 0.3 is 5.97 Å². The number of nitrogens with zero attached hydrogens (tertiary/aromatic N) is 1. The molecule has 0 aromatic rings. The van der Waals surface area contributed by atoms with E-state index < -0.39 is 0 Å². The molecule has 64 valence electrons. The molecular weight excluding hydrogens is 144 g/mol. The second kappa shape index (κ2) is 11.6. The highest BCUT2D eigenvalue weighted by Gasteiger charge is 1.81. The monoisotopic (exact) mass is 158 g/mol. The lowest BCUT2D eigenvalue weighted by Gasteiger charge is -1.89. The summed E-state index contributed by atoms with van der Waals surface area (Å²) in [6, 6.07) is 1.89. The lowest BCUT2D eigenvalue weighted by atomic mass is 10.8. The molecule has 0 amide bonds. The first kappa shape index (κ1) is 12.5. The molecule has 0 bridgehead atoms. The summed E-state index contributed by atoms with van der Waals surface area (Å²) in [6.45, 7) is 6.19. The van der Waals surface area contributed by atoms with E-state index in [0.717, 1.165) is 0 Å². The van der Waals surface area contributed by atoms with Gasteiger partial charge in [0, 0.05) is 13.5 Å². The highest BCUT2D eigenvalue weighted by atomic mass is 16.5. The molecule has 0 rings (SSSR count). The predicted octanol–water partition coefficient (Wildman–Crippen LogP) is 1.33. The van der Waals surface area contributed by atoms with Crippen molar-refractivity contribution in [2.24, 2.45) is 4.99 Å². The van der Waals surface area contributed by atoms with Gasteiger partial charge in [-0.3, -0.25) is 4.79 Å². The Balaban J connectivity index is 0. The molecule has 0 saturated carbocycles. The van der Waals surface area contributed by atoms with Crippen LogP contribution in [-0.2, 0) is 9.53 Å². The molecule has 0 aromatic carbocycles. The fourth-order valence-corrected chi connectivity index (χ4v) is 0.282. The van der Waals surface area contributed by atoms with E-state index in [2.05, 4.69) is 9.73 Å². The van der Waals surface area contributed by atoms with Crippen molar-refractivity contribution in [2.75, 3.05) is 13.2 Å². The number of carbonyl (C=O) groups is 1. The number of aliphatic imine (C=N–C) groups is 1. The second-order valence-corrected chi connectivity index (χ2v) is 1.51. The van der Waals surface area contributed by atoms with E-state index in [-0.39, 0.29) is 5.97 Å². The standard InChI is InChI=1S/C4H8O2.C3H6N2/c1-3-6-4(2)5;1-2-5-3-4/h3H2,1-2H3;4H,2H2,1H3. The van der Waals surface area contributed by atoms with Crippen LogP contribution in [0.25, 0.3) is 0 Å². The van der Waals surface area contributed by atoms with E-state index in [9.17, 15) is 4.79 Å². The Morgan fingerprint density at radius 1 is 1.64 bits per heavy atom. The summed E-state index contributed by atoms with van der Waals surface area (Å²) in [6.07, 6.45) is 0. The molecule has 0 heterocycles. The van der Waals surface area contributed by atoms with Crippen LogP contribution in [0.4, 0.5) is 0 Å². The zero-order valence-electron chi connectivity index (χ0n) is 7.18. The Kier molecular flexibility index (Phi) is 13.2. The maximum absolute atomic E-state index is 9.82. The number of rotatable bonds is 2. The summed E-state index contributed by atoms with van der Waals surface area (Å²) in [5, 5.41) is 6.19. The Morgan fingerprint density at radius 2 is 2.18 bits per heavy atom. The van der Waals surface area contributed by atoms with Crippen molar-refractivity contribution in [3.8, 4) is 0 Å². The highest BCUT2D eigenvalue weighted by Crippen LogP contribution is 1.69. The van der Waals surface area contributed by atoms with E-state index >= 15 is 0 Å². The molecule has 0 radical (unpaired) electrons. The first-order valence-corrected chi connectivity index (χ1v) is 3.40. The zero-order chi connectivity index (χ0) is 9.11. The number of carbonyl (C=O) groups excluding carboxylic acids is 1. The van der Waals surface area contributed by atoms with Gasteiger partial charge in [-0.2, -0.15) is 0 Å². The quantitative estimate of drug-likeness (QED) is 0.486. The van der Waals surface area contributed by atoms with Gasteiger partial charge in [-0.25, -0.2) is 10.4 Å². The molecule has 0 aromatic heterocycles. The molecule has 0 fully saturated rings. The van der Waals surface area contributed by atoms with Crippen LogP contribution >= 0.6 is 0 Å². The van der Waals surface area contributed by atoms with E-state index in [1.165, 1.54) is 6.92 Å². The summed E-state index contributed by atoms with van der Waals surface area (Å²) >= 11 is 0. The van der Waals surface area contributed by atoms with Crippen LogP contribution in [0.15, 0.2) is 4.99 Å². The fraction of sp³-hybridized carbons (Fsp3) is 0.714. The van der Waals surface area contributed by atoms with Crippen LogP contribution in [0, 0.1) is 5.41 Å². The molecule has 0 spiro atoms. The average Bonchev–Trinajstić information content (AvgIpc) is 1.90. The van der Waals surface area contributed by atoms with Crippen molar-refractivity contribution in [1.29, 1.82) is 5.41 Å². The van der Waals surface area contributed by atoms with Gasteiger partial charge in [0.2, 0.25) is 0 Å². The van der Waals surface area contributed by atoms with Gasteiger partial charge in [0.1, 0.15) is 0 Å². The molecule has 1 N–H and O–H groups in total. The summed E-state index contributed by atoms with van der Waals surface area (Å²) in [7, 11) is 0. The maximum atomic E-state index is 9.82. The van der Waals surface area contributed by atoms with Crippen molar-refractivity contribution < 1.29 is 9.53 Å². The maximum Gasteiger partial charge on any atom is 0.302 e. The number of esters is 1. The van der Waals surface area contributed by atoms with Gasteiger partial charge in [0.15, 0.2) is 0 Å². The average molecular weight is 158 g/mol. The van der Waals surface area contributed by atoms with Crippen LogP contribution in [0.3, 0.4) is 0 Å². The molecule has 0 aliphatic carbocycles. The molecule has 11 heavy (non-hydrogen) atoms. The van der Waals surface area contributed by atoms with Gasteiger partial charge in [-0.1, -0.05) is 0 Å². The second-order valence-electron chi connectivity index (χ2n) is 1.51. The van der Waals surface area contributed by atoms with Gasteiger partial charge in [0.05, 0.1) is 12.6 Å². The minimum atomic E-state index is -0.211. The summed E-state index contributed by atoms with van der Waals surface area (Å²) in [5.41, 5.74) is 0. The molecule has 4 heteroatoms. The third-order valence-electron chi connectivity index (χ3n) is 0.585. The molecule has 4 nitrogen and oxygen atoms in total. The number of ether oxygens (including phenoxy) is 1. The van der Waals surface area contributed by atoms with Crippen molar-refractivity contribution in [3.63, 3.8) is 0 Å². The Bertz CT molecular complexity index is 139. The van der Waals surface area contributed by atoms with Crippen LogP contribution in [-0.4, -0.2) is 25.1 Å². The van der Waals surface area contributed by atoms with Crippen LogP contribution in [0.5, 0.6) is 0 Å². The molecule has 0 atom stereocenters. The normalized spacial score (nSPS) is 6.82. The lowest BCUT2D eigenvalue weighted by Crippen LogP contribution is -1.95. The first-order valence-electron chi connectivity index (χ1n) is 3.40. The van der Waals surface area contributed by atoms with E-state index in [1.807, 2.05) is 12.9 Å². The highest BCUT2D eigenvalue weighted by molar-refractivity contribution is 5.65. The van der Waals surface area contributed by atoms with Crippen molar-refractivity contribution in [3.05, 3.63) is 0 Å². The van der Waals surface area contributed by atoms with E-state index in [0.29, 0.717) is 13.2 Å². The molecule has 0 aliphatic heterocycles. The third kappa shape index (κ3) is 28.0. The van der Waals surface area contributed by atoms with E-state index in [1.54, 1.807) is 6.92 Å². The minimum Gasteiger partial charge on any atom is -0.466 e. The Hall–Kier alpha value is -1.15. The predicted molar refractivity (Wildman–Crippen MR) is 43.0 cm³/mol. The van der Waals surface area contributed by atoms with Crippen LogP contribution < -0.4 is 0 Å². The summed E-state index contributed by atoms with van der Waals surface area (Å²) in [5.74, 6) is -0.211. The zero-order valence-corrected chi connectivity index (χ0v) is 7.18. The molecular formula is C7H14N2O2. The first-order chi connectivity index (χ1) is 5.18. The van der Waals surface area contributed by atoms with Gasteiger partial charge < -0.3 is 4.74 Å². The lowest BCUT2D eigenvalue weighted by molar-refractivity contribution is -0.140. The topological polar surface area (TPSA) is 62.5 Å². The Labute approximate surface area is 66.8 Å². The number of hydrogen-bond acceptors (Lipinski definition) is 4. The summed E-state index contributed by atoms with van der Waals surface area (Å²) in [4.78, 5) is 13.2. The van der Waals surface area contributed by atoms with Crippen molar-refractivity contribution in [1.82, 2.24) is 0 Å². The Morgan fingerprint density at radius 3 is 2.18 bits per heavy atom.